The molecule has 128 valence electrons. The van der Waals surface area contributed by atoms with Crippen molar-refractivity contribution in [2.24, 2.45) is 5.92 Å². The van der Waals surface area contributed by atoms with Gasteiger partial charge >= 0.3 is 0 Å². The average Bonchev–Trinajstić information content (AvgIpc) is 3.36. The predicted molar refractivity (Wildman–Crippen MR) is 100 cm³/mol. The number of carbonyl (C=O) groups is 1. The van der Waals surface area contributed by atoms with Gasteiger partial charge in [0.05, 0.1) is 5.69 Å². The van der Waals surface area contributed by atoms with Crippen LogP contribution in [0, 0.1) is 19.8 Å². The van der Waals surface area contributed by atoms with Crippen LogP contribution in [0.3, 0.4) is 0 Å². The van der Waals surface area contributed by atoms with Crippen molar-refractivity contribution in [2.75, 3.05) is 6.54 Å². The van der Waals surface area contributed by atoms with Crippen molar-refractivity contribution in [1.82, 2.24) is 14.3 Å². The Bertz CT molecular complexity index is 986. The largest absolute Gasteiger partial charge is 0.334 e. The van der Waals surface area contributed by atoms with Gasteiger partial charge in [0.25, 0.3) is 5.91 Å². The quantitative estimate of drug-likeness (QED) is 0.690. The number of fused-ring (bicyclic) bond motifs is 3. The Hall–Kier alpha value is -2.14. The van der Waals surface area contributed by atoms with Crippen LogP contribution >= 0.6 is 11.3 Å². The molecule has 2 aromatic heterocycles. The predicted octanol–water partition coefficient (Wildman–Crippen LogP) is 4.30. The van der Waals surface area contributed by atoms with E-state index in [0.717, 1.165) is 34.4 Å². The van der Waals surface area contributed by atoms with Gasteiger partial charge in [-0.2, -0.15) is 0 Å². The van der Waals surface area contributed by atoms with E-state index in [1.165, 1.54) is 30.4 Å². The average molecular weight is 351 g/mol. The molecule has 2 fully saturated rings. The second-order valence-corrected chi connectivity index (χ2v) is 8.35. The summed E-state index contributed by atoms with van der Waals surface area (Å²) < 4.78 is 1.98. The molecular formula is C20H21N3OS. The topological polar surface area (TPSA) is 37.6 Å². The van der Waals surface area contributed by atoms with E-state index < -0.39 is 0 Å². The number of likely N-dealkylation sites (tertiary alicyclic amines) is 1. The van der Waals surface area contributed by atoms with Gasteiger partial charge in [-0.25, -0.2) is 4.98 Å². The molecule has 1 saturated heterocycles. The zero-order valence-electron chi connectivity index (χ0n) is 14.5. The number of rotatable bonds is 2. The van der Waals surface area contributed by atoms with Gasteiger partial charge in [-0.3, -0.25) is 9.20 Å². The van der Waals surface area contributed by atoms with E-state index in [9.17, 15) is 4.79 Å². The smallest absolute Gasteiger partial charge is 0.272 e. The zero-order chi connectivity index (χ0) is 17.1. The van der Waals surface area contributed by atoms with Crippen LogP contribution in [0.15, 0.2) is 29.8 Å². The lowest BCUT2D eigenvalue weighted by atomic mass is 10.0. The number of aryl methyl sites for hydroxylation is 2. The van der Waals surface area contributed by atoms with Crippen LogP contribution in [-0.4, -0.2) is 32.8 Å². The number of benzene rings is 1. The van der Waals surface area contributed by atoms with Gasteiger partial charge in [-0.1, -0.05) is 17.7 Å². The van der Waals surface area contributed by atoms with Gasteiger partial charge in [-0.05, 0) is 50.7 Å². The van der Waals surface area contributed by atoms with Crippen molar-refractivity contribution in [2.45, 2.75) is 39.2 Å². The molecule has 1 amide bonds. The molecule has 0 spiro atoms. The minimum absolute atomic E-state index is 0.170. The number of hydrogen-bond acceptors (Lipinski definition) is 3. The monoisotopic (exact) mass is 351 g/mol. The lowest BCUT2D eigenvalue weighted by molar-refractivity contribution is 0.0697. The Morgan fingerprint density at radius 3 is 2.92 bits per heavy atom. The van der Waals surface area contributed by atoms with Crippen molar-refractivity contribution in [3.05, 3.63) is 46.6 Å². The standard InChI is InChI=1S/C20H21N3OS/c1-12-3-4-13(2)16(7-12)17-10-23-18(11-25-20(23)21-17)19(24)22-9-14-5-6-15(22)8-14/h3-4,7,10-11,14-15H,5-6,8-9H2,1-2H3/t14-,15-/m0/s1. The zero-order valence-corrected chi connectivity index (χ0v) is 15.3. The van der Waals surface area contributed by atoms with Gasteiger partial charge in [0.1, 0.15) is 5.69 Å². The van der Waals surface area contributed by atoms with Crippen LogP contribution < -0.4 is 0 Å². The molecule has 3 heterocycles. The fourth-order valence-corrected chi connectivity index (χ4v) is 5.25. The Kier molecular flexibility index (Phi) is 3.29. The highest BCUT2D eigenvalue weighted by Crippen LogP contribution is 2.38. The molecule has 1 aliphatic carbocycles. The first kappa shape index (κ1) is 15.1. The Balaban J connectivity index is 1.54. The Morgan fingerprint density at radius 1 is 1.28 bits per heavy atom. The highest BCUT2D eigenvalue weighted by molar-refractivity contribution is 7.15. The lowest BCUT2D eigenvalue weighted by Gasteiger charge is -2.26. The second kappa shape index (κ2) is 5.43. The summed E-state index contributed by atoms with van der Waals surface area (Å²) in [6.45, 7) is 5.13. The number of aromatic nitrogens is 2. The van der Waals surface area contributed by atoms with E-state index in [4.69, 9.17) is 4.98 Å². The maximum absolute atomic E-state index is 13.1. The summed E-state index contributed by atoms with van der Waals surface area (Å²) in [6, 6.07) is 6.87. The summed E-state index contributed by atoms with van der Waals surface area (Å²) in [5.41, 5.74) is 5.29. The summed E-state index contributed by atoms with van der Waals surface area (Å²) in [4.78, 5) is 20.8. The number of hydrogen-bond donors (Lipinski definition) is 0. The molecule has 1 aliphatic heterocycles. The second-order valence-electron chi connectivity index (χ2n) is 7.51. The number of nitrogens with zero attached hydrogens (tertiary/aromatic N) is 3. The van der Waals surface area contributed by atoms with Crippen molar-refractivity contribution in [3.8, 4) is 11.3 Å². The maximum atomic E-state index is 13.1. The number of piperidine rings is 1. The van der Waals surface area contributed by atoms with Gasteiger partial charge in [0.2, 0.25) is 0 Å². The number of imidazole rings is 1. The fraction of sp³-hybridized carbons (Fsp3) is 0.400. The molecule has 2 aliphatic rings. The molecular weight excluding hydrogens is 330 g/mol. The van der Waals surface area contributed by atoms with Crippen LogP contribution in [0.5, 0.6) is 0 Å². The van der Waals surface area contributed by atoms with Gasteiger partial charge in [-0.15, -0.1) is 11.3 Å². The number of carbonyl (C=O) groups excluding carboxylic acids is 1. The van der Waals surface area contributed by atoms with Crippen LogP contribution in [-0.2, 0) is 0 Å². The summed E-state index contributed by atoms with van der Waals surface area (Å²) >= 11 is 1.55. The first-order valence-electron chi connectivity index (χ1n) is 8.95. The maximum Gasteiger partial charge on any atom is 0.272 e. The van der Waals surface area contributed by atoms with E-state index in [1.807, 2.05) is 16.0 Å². The fourth-order valence-electron chi connectivity index (χ4n) is 4.40. The SMILES string of the molecule is Cc1ccc(C)c(-c2cn3c(C(=O)N4C[C@H]5CC[C@H]4C5)csc3n2)c1. The minimum Gasteiger partial charge on any atom is -0.334 e. The molecule has 2 atom stereocenters. The van der Waals surface area contributed by atoms with Crippen molar-refractivity contribution >= 4 is 22.2 Å². The third-order valence-electron chi connectivity index (χ3n) is 5.77. The van der Waals surface area contributed by atoms with Crippen LogP contribution in [0.1, 0.15) is 40.9 Å². The summed E-state index contributed by atoms with van der Waals surface area (Å²) in [6.07, 6.45) is 5.67. The summed E-state index contributed by atoms with van der Waals surface area (Å²) in [5.74, 6) is 0.889. The van der Waals surface area contributed by atoms with E-state index in [2.05, 4.69) is 36.9 Å². The van der Waals surface area contributed by atoms with Crippen molar-refractivity contribution in [3.63, 3.8) is 0 Å². The molecule has 0 radical (unpaired) electrons. The lowest BCUT2D eigenvalue weighted by Crippen LogP contribution is -2.38. The minimum atomic E-state index is 0.170. The number of amides is 1. The van der Waals surface area contributed by atoms with E-state index in [-0.39, 0.29) is 5.91 Å². The van der Waals surface area contributed by atoms with Gasteiger partial charge < -0.3 is 4.90 Å². The Morgan fingerprint density at radius 2 is 2.16 bits per heavy atom. The third kappa shape index (κ3) is 2.33. The first-order valence-corrected chi connectivity index (χ1v) is 9.83. The highest BCUT2D eigenvalue weighted by Gasteiger charge is 2.41. The van der Waals surface area contributed by atoms with Crippen LogP contribution in [0.2, 0.25) is 0 Å². The van der Waals surface area contributed by atoms with Gasteiger partial charge in [0, 0.05) is 29.7 Å². The van der Waals surface area contributed by atoms with Crippen molar-refractivity contribution < 1.29 is 4.79 Å². The molecule has 2 bridgehead atoms. The molecule has 0 unspecified atom stereocenters. The first-order chi connectivity index (χ1) is 12.1. The third-order valence-corrected chi connectivity index (χ3v) is 6.61. The molecule has 5 rings (SSSR count). The molecule has 25 heavy (non-hydrogen) atoms. The molecule has 4 nitrogen and oxygen atoms in total. The normalized spacial score (nSPS) is 22.2. The van der Waals surface area contributed by atoms with E-state index in [0.29, 0.717) is 6.04 Å². The van der Waals surface area contributed by atoms with E-state index >= 15 is 0 Å². The van der Waals surface area contributed by atoms with Crippen molar-refractivity contribution in [1.29, 1.82) is 0 Å². The van der Waals surface area contributed by atoms with Crippen LogP contribution in [0.25, 0.3) is 16.2 Å². The molecule has 0 N–H and O–H groups in total. The molecule has 1 saturated carbocycles. The number of thiazole rings is 1. The summed E-state index contributed by atoms with van der Waals surface area (Å²) in [7, 11) is 0. The summed E-state index contributed by atoms with van der Waals surface area (Å²) in [5, 5.41) is 1.96. The molecule has 3 aromatic rings. The van der Waals surface area contributed by atoms with Gasteiger partial charge in [0.15, 0.2) is 4.96 Å². The van der Waals surface area contributed by atoms with Crippen LogP contribution in [0.4, 0.5) is 0 Å². The Labute approximate surface area is 151 Å². The van der Waals surface area contributed by atoms with E-state index in [1.54, 1.807) is 11.3 Å². The molecule has 5 heteroatoms. The highest BCUT2D eigenvalue weighted by atomic mass is 32.1. The molecule has 1 aromatic carbocycles.